The minimum atomic E-state index is 0. The van der Waals surface area contributed by atoms with Crippen molar-refractivity contribution in [3.63, 3.8) is 0 Å². The summed E-state index contributed by atoms with van der Waals surface area (Å²) in [5.41, 5.74) is 2.22. The number of aryl methyl sites for hydroxylation is 2. The molecule has 0 saturated carbocycles. The molecule has 1 aromatic carbocycles. The van der Waals surface area contributed by atoms with E-state index in [2.05, 4.69) is 6.07 Å². The molecule has 0 bridgehead atoms. The van der Waals surface area contributed by atoms with Crippen molar-refractivity contribution in [3.05, 3.63) is 23.3 Å². The molecular weight excluding hydrogens is 241 g/mol. The SMILES string of the molecule is Cc1[c-]c2c(c(C)c1)OCCO2.[Y+3]. The monoisotopic (exact) mass is 252 g/mol. The summed E-state index contributed by atoms with van der Waals surface area (Å²) in [6.45, 7) is 5.30. The van der Waals surface area contributed by atoms with Crippen LogP contribution in [0.2, 0.25) is 0 Å². The standard InChI is InChI=1S/C10H11O2.Y/c1-7-5-8(2)10-9(6-7)11-3-4-12-10;/h5H,3-4H2,1-2H3;/q-1;+3. The van der Waals surface area contributed by atoms with Gasteiger partial charge in [0.05, 0.1) is 5.75 Å². The van der Waals surface area contributed by atoms with Crippen molar-refractivity contribution >= 4 is 0 Å². The molecule has 0 atom stereocenters. The first-order valence-corrected chi connectivity index (χ1v) is 4.06. The summed E-state index contributed by atoms with van der Waals surface area (Å²) >= 11 is 0. The van der Waals surface area contributed by atoms with E-state index in [1.807, 2.05) is 19.9 Å². The first-order chi connectivity index (χ1) is 5.77. The smallest absolute Gasteiger partial charge is 0.544 e. The molecule has 0 unspecified atom stereocenters. The van der Waals surface area contributed by atoms with Crippen LogP contribution in [0.25, 0.3) is 0 Å². The first-order valence-electron chi connectivity index (χ1n) is 4.06. The van der Waals surface area contributed by atoms with Gasteiger partial charge in [-0.15, -0.1) is 11.6 Å². The second-order valence-corrected chi connectivity index (χ2v) is 2.99. The maximum absolute atomic E-state index is 5.45. The summed E-state index contributed by atoms with van der Waals surface area (Å²) in [4.78, 5) is 0. The van der Waals surface area contributed by atoms with E-state index in [-0.39, 0.29) is 32.7 Å². The molecule has 0 radical (unpaired) electrons. The molecule has 64 valence electrons. The third-order valence-electron chi connectivity index (χ3n) is 1.88. The third-order valence-corrected chi connectivity index (χ3v) is 1.88. The van der Waals surface area contributed by atoms with Crippen molar-refractivity contribution in [3.8, 4) is 11.5 Å². The fraction of sp³-hybridized carbons (Fsp3) is 0.400. The van der Waals surface area contributed by atoms with Crippen LogP contribution >= 0.6 is 0 Å². The molecule has 0 amide bonds. The molecule has 0 fully saturated rings. The van der Waals surface area contributed by atoms with Gasteiger partial charge < -0.3 is 9.47 Å². The molecule has 3 heteroatoms. The Morgan fingerprint density at radius 3 is 2.69 bits per heavy atom. The van der Waals surface area contributed by atoms with Crippen molar-refractivity contribution in [2.24, 2.45) is 0 Å². The van der Waals surface area contributed by atoms with E-state index >= 15 is 0 Å². The van der Waals surface area contributed by atoms with E-state index in [1.54, 1.807) is 0 Å². The molecule has 2 rings (SSSR count). The quantitative estimate of drug-likeness (QED) is 0.656. The second-order valence-electron chi connectivity index (χ2n) is 2.99. The summed E-state index contributed by atoms with van der Waals surface area (Å²) in [6.07, 6.45) is 0. The Balaban J connectivity index is 0.000000845. The van der Waals surface area contributed by atoms with Crippen LogP contribution < -0.4 is 9.47 Å². The van der Waals surface area contributed by atoms with Crippen LogP contribution in [0.4, 0.5) is 0 Å². The van der Waals surface area contributed by atoms with Crippen molar-refractivity contribution in [2.75, 3.05) is 13.2 Å². The number of hydrogen-bond donors (Lipinski definition) is 0. The summed E-state index contributed by atoms with van der Waals surface area (Å²) < 4.78 is 10.9. The predicted molar refractivity (Wildman–Crippen MR) is 45.7 cm³/mol. The van der Waals surface area contributed by atoms with E-state index in [0.29, 0.717) is 13.2 Å². The van der Waals surface area contributed by atoms with Crippen molar-refractivity contribution in [2.45, 2.75) is 13.8 Å². The Kier molecular flexibility index (Phi) is 3.75. The van der Waals surface area contributed by atoms with Crippen LogP contribution in [-0.4, -0.2) is 13.2 Å². The molecule has 0 N–H and O–H groups in total. The molecule has 0 saturated heterocycles. The number of rotatable bonds is 0. The molecule has 1 aliphatic heterocycles. The van der Waals surface area contributed by atoms with Gasteiger partial charge in [-0.25, -0.2) is 0 Å². The van der Waals surface area contributed by atoms with Crippen LogP contribution in [0.15, 0.2) is 6.07 Å². The van der Waals surface area contributed by atoms with Crippen LogP contribution in [0.3, 0.4) is 0 Å². The Labute approximate surface area is 103 Å². The van der Waals surface area contributed by atoms with E-state index in [0.717, 1.165) is 22.6 Å². The van der Waals surface area contributed by atoms with E-state index in [4.69, 9.17) is 9.47 Å². The topological polar surface area (TPSA) is 18.5 Å². The van der Waals surface area contributed by atoms with Gasteiger partial charge in [0.15, 0.2) is 0 Å². The van der Waals surface area contributed by atoms with Gasteiger partial charge in [0.2, 0.25) is 0 Å². The summed E-state index contributed by atoms with van der Waals surface area (Å²) in [7, 11) is 0. The zero-order chi connectivity index (χ0) is 8.55. The average Bonchev–Trinajstić information content (AvgIpc) is 2.04. The maximum Gasteiger partial charge on any atom is 3.00 e. The largest absolute Gasteiger partial charge is 3.00 e. The molecule has 0 spiro atoms. The zero-order valence-electron chi connectivity index (χ0n) is 7.89. The first kappa shape index (κ1) is 11.0. The number of ether oxygens (including phenoxy) is 2. The molecule has 0 aliphatic carbocycles. The van der Waals surface area contributed by atoms with Crippen LogP contribution in [0, 0.1) is 19.9 Å². The van der Waals surface area contributed by atoms with Crippen molar-refractivity contribution < 1.29 is 42.2 Å². The molecule has 1 aromatic rings. The predicted octanol–water partition coefficient (Wildman–Crippen LogP) is 1.87. The fourth-order valence-electron chi connectivity index (χ4n) is 1.41. The van der Waals surface area contributed by atoms with Gasteiger partial charge in [-0.3, -0.25) is 0 Å². The maximum atomic E-state index is 5.45. The van der Waals surface area contributed by atoms with Crippen LogP contribution in [0.1, 0.15) is 11.1 Å². The third kappa shape index (κ3) is 2.23. The fourth-order valence-corrected chi connectivity index (χ4v) is 1.41. The van der Waals surface area contributed by atoms with Crippen LogP contribution in [0.5, 0.6) is 11.5 Å². The average molecular weight is 252 g/mol. The molecule has 2 nitrogen and oxygen atoms in total. The van der Waals surface area contributed by atoms with Crippen LogP contribution in [-0.2, 0) is 32.7 Å². The molecule has 0 aromatic heterocycles. The Morgan fingerprint density at radius 2 is 1.92 bits per heavy atom. The van der Waals surface area contributed by atoms with Gasteiger partial charge in [-0.1, -0.05) is 13.8 Å². The Morgan fingerprint density at radius 1 is 1.23 bits per heavy atom. The Hall–Kier alpha value is -0.0761. The van der Waals surface area contributed by atoms with E-state index < -0.39 is 0 Å². The zero-order valence-corrected chi connectivity index (χ0v) is 10.7. The molecule has 1 heterocycles. The number of benzene rings is 1. The molecular formula is C10H11O2Y+2. The van der Waals surface area contributed by atoms with Crippen molar-refractivity contribution in [1.29, 1.82) is 0 Å². The minimum Gasteiger partial charge on any atom is -0.544 e. The van der Waals surface area contributed by atoms with Gasteiger partial charge in [-0.05, 0) is 0 Å². The van der Waals surface area contributed by atoms with Crippen molar-refractivity contribution in [1.82, 2.24) is 0 Å². The van der Waals surface area contributed by atoms with E-state index in [1.165, 1.54) is 0 Å². The summed E-state index contributed by atoms with van der Waals surface area (Å²) in [5.74, 6) is 1.62. The summed E-state index contributed by atoms with van der Waals surface area (Å²) in [6, 6.07) is 5.17. The number of fused-ring (bicyclic) bond motifs is 1. The minimum absolute atomic E-state index is 0. The Bertz CT molecular complexity index is 310. The summed E-state index contributed by atoms with van der Waals surface area (Å²) in [5, 5.41) is 0. The van der Waals surface area contributed by atoms with Gasteiger partial charge in [-0.2, -0.15) is 11.6 Å². The van der Waals surface area contributed by atoms with E-state index in [9.17, 15) is 0 Å². The molecule has 1 aliphatic rings. The normalized spacial score (nSPS) is 13.4. The van der Waals surface area contributed by atoms with Gasteiger partial charge in [0.1, 0.15) is 13.2 Å². The second kappa shape index (κ2) is 4.43. The number of hydrogen-bond acceptors (Lipinski definition) is 2. The van der Waals surface area contributed by atoms with Gasteiger partial charge in [0.25, 0.3) is 0 Å². The van der Waals surface area contributed by atoms with Gasteiger partial charge in [0, 0.05) is 5.75 Å². The van der Waals surface area contributed by atoms with Gasteiger partial charge >= 0.3 is 32.7 Å². The molecule has 13 heavy (non-hydrogen) atoms.